The summed E-state index contributed by atoms with van der Waals surface area (Å²) in [6.45, 7) is 5.89. The van der Waals surface area contributed by atoms with E-state index < -0.39 is 16.8 Å². The number of hydrogen-bond donors (Lipinski definition) is 4. The number of rotatable bonds is 10. The van der Waals surface area contributed by atoms with Gasteiger partial charge in [-0.25, -0.2) is 13.9 Å². The van der Waals surface area contributed by atoms with Gasteiger partial charge < -0.3 is 20.3 Å². The van der Waals surface area contributed by atoms with E-state index in [1.807, 2.05) is 46.8 Å². The van der Waals surface area contributed by atoms with E-state index in [-0.39, 0.29) is 47.7 Å². The Labute approximate surface area is 277 Å². The zero-order valence-corrected chi connectivity index (χ0v) is 28.6. The van der Waals surface area contributed by atoms with Crippen molar-refractivity contribution in [3.05, 3.63) is 64.1 Å². The van der Waals surface area contributed by atoms with Gasteiger partial charge in [-0.2, -0.15) is 0 Å². The first-order chi connectivity index (χ1) is 22.3. The number of nitrogens with zero attached hydrogens (tertiary/aromatic N) is 4. The number of hydrogen-bond acceptors (Lipinski definition) is 7. The van der Waals surface area contributed by atoms with Crippen LogP contribution in [-0.2, 0) is 22.4 Å². The Morgan fingerprint density at radius 2 is 1.81 bits per heavy atom. The molecule has 4 N–H and O–H groups in total. The van der Waals surface area contributed by atoms with Crippen molar-refractivity contribution in [2.24, 2.45) is 7.05 Å². The summed E-state index contributed by atoms with van der Waals surface area (Å²) in [5.74, 6) is 0.120. The Morgan fingerprint density at radius 1 is 1.06 bits per heavy atom. The maximum atomic E-state index is 13.2. The number of anilines is 1. The maximum Gasteiger partial charge on any atom is 0.329 e. The summed E-state index contributed by atoms with van der Waals surface area (Å²) in [5, 5.41) is 5.54. The summed E-state index contributed by atoms with van der Waals surface area (Å²) in [5.41, 5.74) is 3.23. The smallest absolute Gasteiger partial charge is 0.329 e. The first-order valence-electron chi connectivity index (χ1n) is 16.4. The molecule has 1 atom stereocenters. The Morgan fingerprint density at radius 3 is 2.49 bits per heavy atom. The van der Waals surface area contributed by atoms with E-state index in [1.54, 1.807) is 16.5 Å². The summed E-state index contributed by atoms with van der Waals surface area (Å²) in [6, 6.07) is 12.2. The lowest BCUT2D eigenvalue weighted by Gasteiger charge is -2.53. The van der Waals surface area contributed by atoms with E-state index in [9.17, 15) is 28.3 Å². The molecule has 5 rings (SSSR count). The number of likely N-dealkylation sites (tertiary alicyclic amines) is 1. The van der Waals surface area contributed by atoms with Gasteiger partial charge in [0.25, 0.3) is 0 Å². The van der Waals surface area contributed by atoms with Crippen LogP contribution in [-0.4, -0.2) is 77.9 Å². The van der Waals surface area contributed by atoms with Crippen molar-refractivity contribution in [2.45, 2.75) is 82.0 Å². The Hall–Kier alpha value is -3.65. The van der Waals surface area contributed by atoms with Crippen LogP contribution >= 0.6 is 10.8 Å². The first-order valence-corrected chi connectivity index (χ1v) is 18.1. The van der Waals surface area contributed by atoms with E-state index in [2.05, 4.69) is 24.5 Å². The van der Waals surface area contributed by atoms with Crippen molar-refractivity contribution in [1.82, 2.24) is 23.7 Å². The minimum absolute atomic E-state index is 0.108. The molecule has 13 heteroatoms. The highest BCUT2D eigenvalue weighted by molar-refractivity contribution is 8.21. The summed E-state index contributed by atoms with van der Waals surface area (Å²) < 4.78 is 27.1. The third kappa shape index (κ3) is 7.58. The number of urea groups is 1. The fourth-order valence-corrected chi connectivity index (χ4v) is 9.15. The van der Waals surface area contributed by atoms with Crippen molar-refractivity contribution >= 4 is 45.7 Å². The van der Waals surface area contributed by atoms with Crippen LogP contribution in [0.2, 0.25) is 0 Å². The van der Waals surface area contributed by atoms with Gasteiger partial charge in [0.05, 0.1) is 22.8 Å². The highest BCUT2D eigenvalue weighted by Gasteiger charge is 2.38. The molecule has 2 aromatic carbocycles. The topological polar surface area (TPSA) is 149 Å². The van der Waals surface area contributed by atoms with E-state index in [0.717, 1.165) is 55.0 Å². The second-order valence-electron chi connectivity index (χ2n) is 13.4. The van der Waals surface area contributed by atoms with Crippen molar-refractivity contribution in [1.29, 1.82) is 0 Å². The molecule has 0 saturated carbocycles. The van der Waals surface area contributed by atoms with Gasteiger partial charge in [0.2, 0.25) is 5.91 Å². The number of aldehydes is 1. The minimum atomic E-state index is -3.01. The van der Waals surface area contributed by atoms with Crippen LogP contribution in [0.1, 0.15) is 81.9 Å². The lowest BCUT2D eigenvalue weighted by Crippen LogP contribution is -2.48. The molecule has 2 saturated heterocycles. The highest BCUT2D eigenvalue weighted by atomic mass is 32.3. The molecule has 2 fully saturated rings. The van der Waals surface area contributed by atoms with Crippen molar-refractivity contribution in [2.75, 3.05) is 32.0 Å². The summed E-state index contributed by atoms with van der Waals surface area (Å²) >= 11 is 0. The van der Waals surface area contributed by atoms with Crippen molar-refractivity contribution in [3.63, 3.8) is 0 Å². The lowest BCUT2D eigenvalue weighted by molar-refractivity contribution is -0.121. The molecule has 2 aliphatic heterocycles. The number of nitrogens with one attached hydrogen (secondary N) is 2. The fourth-order valence-electron chi connectivity index (χ4n) is 7.06. The SMILES string of the molecule is CNC(=O)CCC(C=O)n1c(=O)n(C)c2cc(C3CCN(C(=O)Nc4cccc(CS(O)(O)N5CCCCC5(C)C)c4)CC3)ccc21. The molecule has 256 valence electrons. The molecule has 0 spiro atoms. The molecular formula is C34H48N6O6S. The molecule has 2 aliphatic rings. The molecule has 12 nitrogen and oxygen atoms in total. The van der Waals surface area contributed by atoms with Gasteiger partial charge in [-0.3, -0.25) is 23.0 Å². The molecule has 1 aromatic heterocycles. The third-order valence-electron chi connectivity index (χ3n) is 9.77. The number of carbonyl (C=O) groups is 3. The van der Waals surface area contributed by atoms with Crippen LogP contribution in [0.25, 0.3) is 11.0 Å². The van der Waals surface area contributed by atoms with Gasteiger partial charge in [0.1, 0.15) is 6.29 Å². The van der Waals surface area contributed by atoms with E-state index >= 15 is 0 Å². The number of fused-ring (bicyclic) bond motifs is 1. The number of aromatic nitrogens is 2. The Bertz CT molecular complexity index is 1670. The summed E-state index contributed by atoms with van der Waals surface area (Å²) in [4.78, 5) is 51.8. The largest absolute Gasteiger partial charge is 0.359 e. The molecule has 0 aliphatic carbocycles. The van der Waals surface area contributed by atoms with Gasteiger partial charge in [-0.05, 0) is 87.3 Å². The van der Waals surface area contributed by atoms with Gasteiger partial charge in [-0.1, -0.05) is 24.6 Å². The van der Waals surface area contributed by atoms with Crippen LogP contribution in [0.15, 0.2) is 47.3 Å². The van der Waals surface area contributed by atoms with E-state index in [1.165, 1.54) is 11.6 Å². The molecule has 0 bridgehead atoms. The number of benzene rings is 2. The number of amides is 3. The number of aryl methyl sites for hydroxylation is 1. The van der Waals surface area contributed by atoms with Crippen LogP contribution in [0.5, 0.6) is 0 Å². The average molecular weight is 669 g/mol. The predicted molar refractivity (Wildman–Crippen MR) is 186 cm³/mol. The van der Waals surface area contributed by atoms with Crippen molar-refractivity contribution in [3.8, 4) is 0 Å². The van der Waals surface area contributed by atoms with Crippen LogP contribution < -0.4 is 16.3 Å². The number of piperidine rings is 2. The van der Waals surface area contributed by atoms with Crippen molar-refractivity contribution < 1.29 is 23.5 Å². The highest BCUT2D eigenvalue weighted by Crippen LogP contribution is 2.53. The lowest BCUT2D eigenvalue weighted by atomic mass is 9.89. The van der Waals surface area contributed by atoms with Gasteiger partial charge in [-0.15, -0.1) is 10.8 Å². The summed E-state index contributed by atoms with van der Waals surface area (Å²) in [7, 11) is 0.211. The normalized spacial score (nSPS) is 18.6. The monoisotopic (exact) mass is 668 g/mol. The molecular weight excluding hydrogens is 620 g/mol. The molecule has 3 heterocycles. The molecule has 1 unspecified atom stereocenters. The maximum absolute atomic E-state index is 13.2. The average Bonchev–Trinajstić information content (AvgIpc) is 3.29. The van der Waals surface area contributed by atoms with Crippen LogP contribution in [0, 0.1) is 0 Å². The Balaban J connectivity index is 1.21. The number of imidazole rings is 1. The van der Waals surface area contributed by atoms with Gasteiger partial charge in [0.15, 0.2) is 0 Å². The number of carbonyl (C=O) groups excluding carboxylic acids is 3. The second kappa shape index (κ2) is 14.2. The van der Waals surface area contributed by atoms with Crippen LogP contribution in [0.4, 0.5) is 10.5 Å². The molecule has 47 heavy (non-hydrogen) atoms. The molecule has 0 radical (unpaired) electrons. The Kier molecular flexibility index (Phi) is 10.5. The second-order valence-corrected chi connectivity index (χ2v) is 15.4. The quantitative estimate of drug-likeness (QED) is 0.210. The van der Waals surface area contributed by atoms with Crippen LogP contribution in [0.3, 0.4) is 0 Å². The fraction of sp³-hybridized carbons (Fsp3) is 0.529. The third-order valence-corrected chi connectivity index (χ3v) is 11.9. The van der Waals surface area contributed by atoms with Gasteiger partial charge >= 0.3 is 11.7 Å². The predicted octanol–water partition coefficient (Wildman–Crippen LogP) is 5.45. The zero-order valence-electron chi connectivity index (χ0n) is 27.8. The molecule has 3 amide bonds. The standard InChI is InChI=1S/C34H48N6O6S/c1-34(2)16-5-6-17-39(34)47(45,46)23-24-8-7-9-27(20-24)36-32(43)38-18-14-25(15-19-38)26-10-12-29-30(21-26)37(4)33(44)40(29)28(22-41)11-13-31(42)35-3/h7-10,12,20-22,25,28,45-46H,5-6,11,13-19,23H2,1-4H3,(H,35,42)(H,36,43). The minimum Gasteiger partial charge on any atom is -0.359 e. The zero-order chi connectivity index (χ0) is 33.9. The molecule has 3 aromatic rings. The van der Waals surface area contributed by atoms with E-state index in [0.29, 0.717) is 30.8 Å². The van der Waals surface area contributed by atoms with Gasteiger partial charge in [0, 0.05) is 51.4 Å². The summed E-state index contributed by atoms with van der Waals surface area (Å²) in [6.07, 6.45) is 5.54. The van der Waals surface area contributed by atoms with E-state index in [4.69, 9.17) is 0 Å². The first kappa shape index (κ1) is 34.7.